The Hall–Kier alpha value is -2.86. The summed E-state index contributed by atoms with van der Waals surface area (Å²) < 4.78 is 0. The van der Waals surface area contributed by atoms with Crippen molar-refractivity contribution in [3.05, 3.63) is 60.2 Å². The first kappa shape index (κ1) is 19.9. The molecule has 2 aromatic rings. The molecule has 3 rings (SSSR count). The van der Waals surface area contributed by atoms with E-state index in [1.54, 1.807) is 0 Å². The van der Waals surface area contributed by atoms with Crippen LogP contribution in [0.2, 0.25) is 0 Å². The lowest BCUT2D eigenvalue weighted by Crippen LogP contribution is -2.48. The standard InChI is InChI=1S/C22H27N3O3/c1-2-24(16-21(26)27)18-12-14-25(15-13-18)22(28)19-10-6-7-11-20(19)23-17-8-4-3-5-9-17/h3-11,18,23H,2,12-16H2,1H3,(H,26,27). The first-order valence-electron chi connectivity index (χ1n) is 9.74. The second-order valence-corrected chi connectivity index (χ2v) is 7.02. The van der Waals surface area contributed by atoms with Gasteiger partial charge in [0, 0.05) is 24.8 Å². The van der Waals surface area contributed by atoms with E-state index >= 15 is 0 Å². The van der Waals surface area contributed by atoms with Crippen LogP contribution in [0, 0.1) is 0 Å². The Morgan fingerprint density at radius 3 is 2.36 bits per heavy atom. The van der Waals surface area contributed by atoms with Gasteiger partial charge in [-0.05, 0) is 43.7 Å². The van der Waals surface area contributed by atoms with E-state index < -0.39 is 5.97 Å². The molecule has 6 nitrogen and oxygen atoms in total. The van der Waals surface area contributed by atoms with E-state index in [-0.39, 0.29) is 18.5 Å². The number of anilines is 2. The third kappa shape index (κ3) is 4.89. The Labute approximate surface area is 165 Å². The Morgan fingerprint density at radius 2 is 1.71 bits per heavy atom. The molecule has 1 aliphatic heterocycles. The van der Waals surface area contributed by atoms with Gasteiger partial charge in [0.2, 0.25) is 0 Å². The van der Waals surface area contributed by atoms with Crippen LogP contribution in [0.3, 0.4) is 0 Å². The Balaban J connectivity index is 1.66. The maximum absolute atomic E-state index is 13.1. The first-order chi connectivity index (χ1) is 13.6. The minimum atomic E-state index is -0.804. The molecule has 1 heterocycles. The van der Waals surface area contributed by atoms with Crippen LogP contribution in [0.15, 0.2) is 54.6 Å². The molecular weight excluding hydrogens is 354 g/mol. The number of amides is 1. The van der Waals surface area contributed by atoms with Gasteiger partial charge in [-0.15, -0.1) is 0 Å². The van der Waals surface area contributed by atoms with Crippen molar-refractivity contribution in [2.45, 2.75) is 25.8 Å². The number of nitrogens with zero attached hydrogens (tertiary/aromatic N) is 2. The molecule has 2 aromatic carbocycles. The van der Waals surface area contributed by atoms with Crippen molar-refractivity contribution in [3.8, 4) is 0 Å². The van der Waals surface area contributed by atoms with Crippen LogP contribution in [-0.2, 0) is 4.79 Å². The van der Waals surface area contributed by atoms with Crippen molar-refractivity contribution in [3.63, 3.8) is 0 Å². The largest absolute Gasteiger partial charge is 0.480 e. The van der Waals surface area contributed by atoms with Crippen molar-refractivity contribution in [1.29, 1.82) is 0 Å². The number of aliphatic carboxylic acids is 1. The fourth-order valence-electron chi connectivity index (χ4n) is 3.73. The number of rotatable bonds is 7. The number of hydrogen-bond donors (Lipinski definition) is 2. The smallest absolute Gasteiger partial charge is 0.317 e. The number of likely N-dealkylation sites (tertiary alicyclic amines) is 1. The summed E-state index contributed by atoms with van der Waals surface area (Å²) in [4.78, 5) is 28.0. The highest BCUT2D eigenvalue weighted by molar-refractivity contribution is 6.00. The summed E-state index contributed by atoms with van der Waals surface area (Å²) in [6.07, 6.45) is 1.59. The number of nitrogens with one attached hydrogen (secondary N) is 1. The van der Waals surface area contributed by atoms with Crippen molar-refractivity contribution >= 4 is 23.3 Å². The van der Waals surface area contributed by atoms with Gasteiger partial charge in [0.05, 0.1) is 17.8 Å². The van der Waals surface area contributed by atoms with Gasteiger partial charge in [-0.25, -0.2) is 0 Å². The average molecular weight is 381 g/mol. The second kappa shape index (κ2) is 9.37. The van der Waals surface area contributed by atoms with Crippen LogP contribution in [0.1, 0.15) is 30.1 Å². The maximum Gasteiger partial charge on any atom is 0.317 e. The zero-order valence-electron chi connectivity index (χ0n) is 16.2. The summed E-state index contributed by atoms with van der Waals surface area (Å²) in [5.41, 5.74) is 2.39. The van der Waals surface area contributed by atoms with Crippen LogP contribution in [0.5, 0.6) is 0 Å². The lowest BCUT2D eigenvalue weighted by atomic mass is 10.0. The quantitative estimate of drug-likeness (QED) is 0.769. The van der Waals surface area contributed by atoms with Crippen molar-refractivity contribution in [2.75, 3.05) is 31.5 Å². The van der Waals surface area contributed by atoms with Crippen molar-refractivity contribution < 1.29 is 14.7 Å². The van der Waals surface area contributed by atoms with E-state index in [1.807, 2.05) is 71.3 Å². The number of hydrogen-bond acceptors (Lipinski definition) is 4. The summed E-state index contributed by atoms with van der Waals surface area (Å²) in [5, 5.41) is 12.4. The molecule has 0 aliphatic carbocycles. The minimum absolute atomic E-state index is 0.0127. The average Bonchev–Trinajstić information content (AvgIpc) is 2.73. The van der Waals surface area contributed by atoms with Crippen LogP contribution in [0.4, 0.5) is 11.4 Å². The van der Waals surface area contributed by atoms with Gasteiger partial charge in [-0.1, -0.05) is 37.3 Å². The van der Waals surface area contributed by atoms with Gasteiger partial charge >= 0.3 is 5.97 Å². The number of para-hydroxylation sites is 2. The number of carbonyl (C=O) groups excluding carboxylic acids is 1. The van der Waals surface area contributed by atoms with Gasteiger partial charge in [0.15, 0.2) is 0 Å². The third-order valence-electron chi connectivity index (χ3n) is 5.22. The predicted octanol–water partition coefficient (Wildman–Crippen LogP) is 3.44. The van der Waals surface area contributed by atoms with Crippen LogP contribution in [0.25, 0.3) is 0 Å². The summed E-state index contributed by atoms with van der Waals surface area (Å²) in [7, 11) is 0. The van der Waals surface area contributed by atoms with Gasteiger partial charge in [-0.2, -0.15) is 0 Å². The Bertz CT molecular complexity index is 802. The van der Waals surface area contributed by atoms with E-state index in [0.717, 1.165) is 24.2 Å². The summed E-state index contributed by atoms with van der Waals surface area (Å²) in [5.74, 6) is -0.792. The van der Waals surface area contributed by atoms with Crippen LogP contribution >= 0.6 is 0 Å². The molecule has 1 fully saturated rings. The molecule has 0 radical (unpaired) electrons. The maximum atomic E-state index is 13.1. The number of carbonyl (C=O) groups is 2. The summed E-state index contributed by atoms with van der Waals surface area (Å²) >= 11 is 0. The highest BCUT2D eigenvalue weighted by atomic mass is 16.4. The normalized spacial score (nSPS) is 14.9. The molecule has 0 spiro atoms. The van der Waals surface area contributed by atoms with Crippen molar-refractivity contribution in [2.24, 2.45) is 0 Å². The topological polar surface area (TPSA) is 72.9 Å². The Morgan fingerprint density at radius 1 is 1.07 bits per heavy atom. The molecule has 0 atom stereocenters. The monoisotopic (exact) mass is 381 g/mol. The number of carboxylic acids is 1. The molecule has 148 valence electrons. The molecule has 1 aliphatic rings. The molecule has 1 amide bonds. The molecule has 6 heteroatoms. The summed E-state index contributed by atoms with van der Waals surface area (Å²) in [6, 6.07) is 17.6. The lowest BCUT2D eigenvalue weighted by Gasteiger charge is -2.37. The molecular formula is C22H27N3O3. The number of benzene rings is 2. The van der Waals surface area contributed by atoms with Gasteiger partial charge in [-0.3, -0.25) is 14.5 Å². The van der Waals surface area contributed by atoms with E-state index in [0.29, 0.717) is 25.2 Å². The molecule has 2 N–H and O–H groups in total. The second-order valence-electron chi connectivity index (χ2n) is 7.02. The minimum Gasteiger partial charge on any atom is -0.480 e. The molecule has 0 aromatic heterocycles. The molecule has 0 unspecified atom stereocenters. The predicted molar refractivity (Wildman–Crippen MR) is 110 cm³/mol. The molecule has 1 saturated heterocycles. The molecule has 0 bridgehead atoms. The number of likely N-dealkylation sites (N-methyl/N-ethyl adjacent to an activating group) is 1. The highest BCUT2D eigenvalue weighted by Gasteiger charge is 2.28. The fraction of sp³-hybridized carbons (Fsp3) is 0.364. The SMILES string of the molecule is CCN(CC(=O)O)C1CCN(C(=O)c2ccccc2Nc2ccccc2)CC1. The first-order valence-corrected chi connectivity index (χ1v) is 9.74. The van der Waals surface area contributed by atoms with E-state index in [9.17, 15) is 9.59 Å². The van der Waals surface area contributed by atoms with E-state index in [1.165, 1.54) is 0 Å². The van der Waals surface area contributed by atoms with E-state index in [2.05, 4.69) is 5.32 Å². The number of piperidine rings is 1. The Kier molecular flexibility index (Phi) is 6.66. The molecule has 28 heavy (non-hydrogen) atoms. The van der Waals surface area contributed by atoms with Crippen LogP contribution in [-0.4, -0.2) is 59.0 Å². The van der Waals surface area contributed by atoms with Crippen molar-refractivity contribution in [1.82, 2.24) is 9.80 Å². The number of carboxylic acid groups (broad SMARTS) is 1. The van der Waals surface area contributed by atoms with Gasteiger partial charge in [0.1, 0.15) is 0 Å². The van der Waals surface area contributed by atoms with Crippen LogP contribution < -0.4 is 5.32 Å². The fourth-order valence-corrected chi connectivity index (χ4v) is 3.73. The van der Waals surface area contributed by atoms with E-state index in [4.69, 9.17) is 5.11 Å². The van der Waals surface area contributed by atoms with Gasteiger partial charge < -0.3 is 15.3 Å². The zero-order chi connectivity index (χ0) is 19.9. The molecule has 0 saturated carbocycles. The van der Waals surface area contributed by atoms with Gasteiger partial charge in [0.25, 0.3) is 5.91 Å². The zero-order valence-corrected chi connectivity index (χ0v) is 16.2. The summed E-state index contributed by atoms with van der Waals surface area (Å²) in [6.45, 7) is 4.01. The highest BCUT2D eigenvalue weighted by Crippen LogP contribution is 2.24. The third-order valence-corrected chi connectivity index (χ3v) is 5.22. The lowest BCUT2D eigenvalue weighted by molar-refractivity contribution is -0.139.